The lowest BCUT2D eigenvalue weighted by Gasteiger charge is -2.37. The average molecular weight is 333 g/mol. The third kappa shape index (κ3) is 5.80. The number of para-hydroxylation sites is 2. The van der Waals surface area contributed by atoms with Crippen molar-refractivity contribution < 1.29 is 9.53 Å². The number of carbonyl (C=O) groups is 1. The summed E-state index contributed by atoms with van der Waals surface area (Å²) in [5, 5.41) is 3.08. The number of carbonyl (C=O) groups excluding carboxylic acids is 1. The van der Waals surface area contributed by atoms with E-state index < -0.39 is 0 Å². The second-order valence-electron chi connectivity index (χ2n) is 6.68. The summed E-state index contributed by atoms with van der Waals surface area (Å²) in [6.07, 6.45) is 5.07. The van der Waals surface area contributed by atoms with Gasteiger partial charge in [-0.05, 0) is 45.4 Å². The highest BCUT2D eigenvalue weighted by molar-refractivity contribution is 5.94. The van der Waals surface area contributed by atoms with Crippen molar-refractivity contribution in [3.63, 3.8) is 0 Å². The molecule has 0 aliphatic carbocycles. The van der Waals surface area contributed by atoms with E-state index in [1.165, 1.54) is 0 Å². The number of hydrogen-bond donors (Lipinski definition) is 2. The van der Waals surface area contributed by atoms with Crippen LogP contribution in [-0.4, -0.2) is 37.7 Å². The Kier molecular flexibility index (Phi) is 7.53. The third-order valence-corrected chi connectivity index (χ3v) is 4.30. The molecule has 1 aromatic rings. The lowest BCUT2D eigenvalue weighted by Crippen LogP contribution is -2.45. The van der Waals surface area contributed by atoms with Crippen LogP contribution in [0.1, 0.15) is 46.0 Å². The monoisotopic (exact) mass is 333 g/mol. The lowest BCUT2D eigenvalue weighted by atomic mass is 10.1. The van der Waals surface area contributed by atoms with Gasteiger partial charge in [0.1, 0.15) is 0 Å². The Hall–Kier alpha value is -1.59. The first-order valence-electron chi connectivity index (χ1n) is 9.09. The maximum Gasteiger partial charge on any atom is 0.224 e. The maximum atomic E-state index is 12.2. The number of anilines is 2. The van der Waals surface area contributed by atoms with Gasteiger partial charge < -0.3 is 20.7 Å². The van der Waals surface area contributed by atoms with Crippen molar-refractivity contribution in [3.05, 3.63) is 24.3 Å². The van der Waals surface area contributed by atoms with Gasteiger partial charge in [-0.3, -0.25) is 4.79 Å². The van der Waals surface area contributed by atoms with Gasteiger partial charge in [0.2, 0.25) is 5.91 Å². The number of rotatable bonds is 8. The van der Waals surface area contributed by atoms with Gasteiger partial charge in [-0.25, -0.2) is 0 Å². The minimum absolute atomic E-state index is 0.0876. The van der Waals surface area contributed by atoms with Crippen molar-refractivity contribution in [2.24, 2.45) is 5.73 Å². The van der Waals surface area contributed by atoms with Gasteiger partial charge >= 0.3 is 0 Å². The van der Waals surface area contributed by atoms with Crippen LogP contribution in [0.4, 0.5) is 11.4 Å². The van der Waals surface area contributed by atoms with Crippen molar-refractivity contribution in [2.45, 2.75) is 58.2 Å². The maximum absolute atomic E-state index is 12.2. The molecule has 1 aliphatic heterocycles. The molecule has 1 fully saturated rings. The van der Waals surface area contributed by atoms with Gasteiger partial charge in [0.25, 0.3) is 0 Å². The van der Waals surface area contributed by atoms with E-state index in [2.05, 4.69) is 30.1 Å². The topological polar surface area (TPSA) is 67.6 Å². The molecule has 0 radical (unpaired) electrons. The molecule has 1 heterocycles. The number of benzene rings is 1. The molecular formula is C19H31N3O2. The van der Waals surface area contributed by atoms with Gasteiger partial charge in [-0.1, -0.05) is 25.0 Å². The summed E-state index contributed by atoms with van der Waals surface area (Å²) in [5.41, 5.74) is 7.46. The molecule has 0 bridgehead atoms. The fraction of sp³-hybridized carbons (Fsp3) is 0.632. The molecular weight excluding hydrogens is 302 g/mol. The Balaban J connectivity index is 1.92. The minimum atomic E-state index is 0.0876. The number of nitrogens with two attached hydrogens (primary N) is 1. The van der Waals surface area contributed by atoms with E-state index in [9.17, 15) is 4.79 Å². The summed E-state index contributed by atoms with van der Waals surface area (Å²) < 4.78 is 5.81. The number of unbranched alkanes of at least 4 members (excludes halogenated alkanes) is 3. The molecule has 0 saturated carbocycles. The quantitative estimate of drug-likeness (QED) is 0.717. The molecule has 2 rings (SSSR count). The van der Waals surface area contributed by atoms with Crippen LogP contribution in [0.15, 0.2) is 24.3 Å². The molecule has 5 heteroatoms. The molecule has 3 N–H and O–H groups in total. The summed E-state index contributed by atoms with van der Waals surface area (Å²) in [5.74, 6) is 0.0876. The number of nitrogens with one attached hydrogen (secondary N) is 1. The summed E-state index contributed by atoms with van der Waals surface area (Å²) >= 11 is 0. The Morgan fingerprint density at radius 3 is 2.54 bits per heavy atom. The van der Waals surface area contributed by atoms with Crippen LogP contribution < -0.4 is 16.0 Å². The van der Waals surface area contributed by atoms with Crippen LogP contribution in [0.2, 0.25) is 0 Å². The molecule has 0 aromatic heterocycles. The Morgan fingerprint density at radius 1 is 1.17 bits per heavy atom. The Morgan fingerprint density at radius 2 is 1.83 bits per heavy atom. The van der Waals surface area contributed by atoms with E-state index in [0.717, 1.165) is 56.7 Å². The fourth-order valence-electron chi connectivity index (χ4n) is 3.23. The van der Waals surface area contributed by atoms with E-state index >= 15 is 0 Å². The molecule has 24 heavy (non-hydrogen) atoms. The van der Waals surface area contributed by atoms with E-state index in [1.807, 2.05) is 18.2 Å². The van der Waals surface area contributed by atoms with E-state index in [4.69, 9.17) is 10.5 Å². The van der Waals surface area contributed by atoms with Crippen LogP contribution in [-0.2, 0) is 9.53 Å². The molecule has 1 aromatic carbocycles. The fourth-order valence-corrected chi connectivity index (χ4v) is 3.23. The summed E-state index contributed by atoms with van der Waals surface area (Å²) in [4.78, 5) is 14.5. The zero-order chi connectivity index (χ0) is 17.4. The summed E-state index contributed by atoms with van der Waals surface area (Å²) in [6.45, 7) is 6.60. The SMILES string of the molecule is CC1CN(c2ccccc2NC(=O)CCCCCCN)CC(C)O1. The number of ether oxygens (including phenoxy) is 1. The highest BCUT2D eigenvalue weighted by Crippen LogP contribution is 2.28. The highest BCUT2D eigenvalue weighted by atomic mass is 16.5. The van der Waals surface area contributed by atoms with E-state index in [-0.39, 0.29) is 18.1 Å². The average Bonchev–Trinajstić information content (AvgIpc) is 2.54. The molecule has 2 unspecified atom stereocenters. The second-order valence-corrected chi connectivity index (χ2v) is 6.68. The Bertz CT molecular complexity index is 511. The van der Waals surface area contributed by atoms with Crippen molar-refractivity contribution in [1.82, 2.24) is 0 Å². The van der Waals surface area contributed by atoms with Crippen molar-refractivity contribution in [2.75, 3.05) is 29.9 Å². The predicted molar refractivity (Wildman–Crippen MR) is 99.4 cm³/mol. The van der Waals surface area contributed by atoms with Crippen LogP contribution in [0.3, 0.4) is 0 Å². The zero-order valence-electron chi connectivity index (χ0n) is 15.0. The lowest BCUT2D eigenvalue weighted by molar-refractivity contribution is -0.116. The van der Waals surface area contributed by atoms with Crippen molar-refractivity contribution >= 4 is 17.3 Å². The number of amides is 1. The molecule has 2 atom stereocenters. The first-order valence-corrected chi connectivity index (χ1v) is 9.09. The molecule has 1 saturated heterocycles. The zero-order valence-corrected chi connectivity index (χ0v) is 15.0. The van der Waals surface area contributed by atoms with Gasteiger partial charge in [0.05, 0.1) is 23.6 Å². The van der Waals surface area contributed by atoms with Crippen LogP contribution in [0.5, 0.6) is 0 Å². The van der Waals surface area contributed by atoms with Crippen LogP contribution in [0, 0.1) is 0 Å². The number of nitrogens with zero attached hydrogens (tertiary/aromatic N) is 1. The second kappa shape index (κ2) is 9.64. The van der Waals surface area contributed by atoms with Gasteiger partial charge in [-0.15, -0.1) is 0 Å². The minimum Gasteiger partial charge on any atom is -0.372 e. The standard InChI is InChI=1S/C19H31N3O2/c1-15-13-22(14-16(2)24-15)18-10-7-6-9-17(18)21-19(23)11-5-3-4-8-12-20/h6-7,9-10,15-16H,3-5,8,11-14,20H2,1-2H3,(H,21,23). The van der Waals surface area contributed by atoms with E-state index in [1.54, 1.807) is 0 Å². The largest absolute Gasteiger partial charge is 0.372 e. The first kappa shape index (κ1) is 18.7. The summed E-state index contributed by atoms with van der Waals surface area (Å²) in [6, 6.07) is 8.03. The molecule has 5 nitrogen and oxygen atoms in total. The number of hydrogen-bond acceptors (Lipinski definition) is 4. The summed E-state index contributed by atoms with van der Waals surface area (Å²) in [7, 11) is 0. The normalized spacial score (nSPS) is 20.9. The Labute approximate surface area is 145 Å². The third-order valence-electron chi connectivity index (χ3n) is 4.30. The van der Waals surface area contributed by atoms with Crippen molar-refractivity contribution in [1.29, 1.82) is 0 Å². The van der Waals surface area contributed by atoms with Gasteiger partial charge in [0, 0.05) is 19.5 Å². The van der Waals surface area contributed by atoms with Crippen LogP contribution >= 0.6 is 0 Å². The predicted octanol–water partition coefficient (Wildman–Crippen LogP) is 3.15. The first-order chi connectivity index (χ1) is 11.6. The van der Waals surface area contributed by atoms with Gasteiger partial charge in [0.15, 0.2) is 0 Å². The van der Waals surface area contributed by atoms with Crippen LogP contribution in [0.25, 0.3) is 0 Å². The molecule has 134 valence electrons. The molecule has 1 amide bonds. The smallest absolute Gasteiger partial charge is 0.224 e. The highest BCUT2D eigenvalue weighted by Gasteiger charge is 2.24. The molecule has 1 aliphatic rings. The van der Waals surface area contributed by atoms with Gasteiger partial charge in [-0.2, -0.15) is 0 Å². The molecule has 0 spiro atoms. The van der Waals surface area contributed by atoms with Crippen molar-refractivity contribution in [3.8, 4) is 0 Å². The number of morpholine rings is 1. The van der Waals surface area contributed by atoms with E-state index in [0.29, 0.717) is 6.42 Å².